The molecule has 0 aliphatic carbocycles. The topological polar surface area (TPSA) is 122 Å². The lowest BCUT2D eigenvalue weighted by Gasteiger charge is -2.26. The molecule has 0 saturated carbocycles. The number of aromatic nitrogens is 1. The van der Waals surface area contributed by atoms with Crippen molar-refractivity contribution < 1.29 is 23.9 Å². The van der Waals surface area contributed by atoms with Gasteiger partial charge in [0.05, 0.1) is 48.0 Å². The number of para-hydroxylation sites is 1. The first-order chi connectivity index (χ1) is 22.4. The molecule has 2 heterocycles. The van der Waals surface area contributed by atoms with E-state index in [1.807, 2.05) is 19.9 Å². The van der Waals surface area contributed by atoms with Crippen molar-refractivity contribution in [3.05, 3.63) is 127 Å². The van der Waals surface area contributed by atoms with Gasteiger partial charge in [-0.2, -0.15) is 0 Å². The summed E-state index contributed by atoms with van der Waals surface area (Å²) in [4.78, 5) is 43.9. The molecule has 0 N–H and O–H groups in total. The molecule has 3 aromatic carbocycles. The summed E-state index contributed by atoms with van der Waals surface area (Å²) in [6.07, 6.45) is 1.37. The molecule has 244 valence electrons. The standard InChI is InChI=1S/C33H28BrCl2N3O7S/c1-5-44-32(41)28-18(4)37-33-38(29(28)21-8-6-7-9-26(21)46-17(2)3)31(40)27(47-33)15-20-12-22(34)30(25(14-20)39(42)43)45-16-19-10-11-23(35)24(36)13-19/h6-15,17,29H,5,16H2,1-4H3/b27-15-/t29-/m1/s1. The number of nitrogens with zero attached hydrogens (tertiary/aromatic N) is 3. The molecule has 0 radical (unpaired) electrons. The predicted octanol–water partition coefficient (Wildman–Crippen LogP) is 7.14. The molecule has 47 heavy (non-hydrogen) atoms. The van der Waals surface area contributed by atoms with Crippen molar-refractivity contribution in [1.29, 1.82) is 0 Å². The molecule has 0 unspecified atom stereocenters. The number of nitro benzene ring substituents is 1. The summed E-state index contributed by atoms with van der Waals surface area (Å²) in [6.45, 7) is 7.30. The van der Waals surface area contributed by atoms with Crippen molar-refractivity contribution in [2.75, 3.05) is 6.61 Å². The molecule has 5 rings (SSSR count). The highest BCUT2D eigenvalue weighted by molar-refractivity contribution is 9.10. The van der Waals surface area contributed by atoms with Crippen LogP contribution in [-0.2, 0) is 16.1 Å². The zero-order valence-corrected chi connectivity index (χ0v) is 29.5. The van der Waals surface area contributed by atoms with Gasteiger partial charge in [0, 0.05) is 11.6 Å². The summed E-state index contributed by atoms with van der Waals surface area (Å²) in [6, 6.07) is 14.2. The predicted molar refractivity (Wildman–Crippen MR) is 184 cm³/mol. The lowest BCUT2D eigenvalue weighted by molar-refractivity contribution is -0.386. The average Bonchev–Trinajstić information content (AvgIpc) is 3.31. The van der Waals surface area contributed by atoms with Crippen molar-refractivity contribution in [2.45, 2.75) is 46.4 Å². The number of carbonyl (C=O) groups is 1. The van der Waals surface area contributed by atoms with E-state index in [1.54, 1.807) is 62.4 Å². The van der Waals surface area contributed by atoms with Crippen molar-refractivity contribution >= 4 is 68.2 Å². The summed E-state index contributed by atoms with van der Waals surface area (Å²) in [7, 11) is 0. The Hall–Kier alpha value is -3.97. The molecule has 1 atom stereocenters. The number of allylic oxidation sites excluding steroid dienone is 1. The largest absolute Gasteiger partial charge is 0.491 e. The van der Waals surface area contributed by atoms with Gasteiger partial charge in [0.25, 0.3) is 5.56 Å². The minimum Gasteiger partial charge on any atom is -0.491 e. The molecule has 1 aromatic heterocycles. The number of benzene rings is 3. The Labute approximate surface area is 291 Å². The number of halogens is 3. The van der Waals surface area contributed by atoms with Gasteiger partial charge < -0.3 is 14.2 Å². The normalized spacial score (nSPS) is 14.6. The minimum atomic E-state index is -0.888. The van der Waals surface area contributed by atoms with E-state index in [1.165, 1.54) is 10.6 Å². The Morgan fingerprint density at radius 3 is 2.60 bits per heavy atom. The van der Waals surface area contributed by atoms with E-state index >= 15 is 0 Å². The molecule has 0 bridgehead atoms. The highest BCUT2D eigenvalue weighted by Gasteiger charge is 2.35. The van der Waals surface area contributed by atoms with Gasteiger partial charge in [-0.05, 0) is 85.1 Å². The fraction of sp³-hybridized carbons (Fsp3) is 0.242. The molecule has 14 heteroatoms. The number of carbonyl (C=O) groups excluding carboxylic acids is 1. The van der Waals surface area contributed by atoms with E-state index in [0.29, 0.717) is 47.5 Å². The number of ether oxygens (including phenoxy) is 3. The molecule has 1 aliphatic rings. The van der Waals surface area contributed by atoms with Crippen LogP contribution in [0.5, 0.6) is 11.5 Å². The average molecular weight is 761 g/mol. The Morgan fingerprint density at radius 1 is 1.17 bits per heavy atom. The van der Waals surface area contributed by atoms with E-state index in [0.717, 1.165) is 11.3 Å². The summed E-state index contributed by atoms with van der Waals surface area (Å²) in [5.41, 5.74) is 1.50. The molecule has 0 amide bonds. The van der Waals surface area contributed by atoms with Crippen LogP contribution in [0, 0.1) is 10.1 Å². The second-order valence-corrected chi connectivity index (χ2v) is 13.3. The molecule has 0 spiro atoms. The first-order valence-corrected chi connectivity index (χ1v) is 16.8. The molecule has 10 nitrogen and oxygen atoms in total. The molecule has 4 aromatic rings. The summed E-state index contributed by atoms with van der Waals surface area (Å²) in [5, 5.41) is 12.8. The summed E-state index contributed by atoms with van der Waals surface area (Å²) >= 11 is 16.6. The number of hydrogen-bond donors (Lipinski definition) is 0. The van der Waals surface area contributed by atoms with Crippen LogP contribution in [0.3, 0.4) is 0 Å². The Balaban J connectivity index is 1.62. The quantitative estimate of drug-likeness (QED) is 0.0957. The third-order valence-electron chi connectivity index (χ3n) is 7.00. The van der Waals surface area contributed by atoms with Crippen LogP contribution in [0.1, 0.15) is 50.4 Å². The Morgan fingerprint density at radius 2 is 1.91 bits per heavy atom. The zero-order chi connectivity index (χ0) is 34.0. The van der Waals surface area contributed by atoms with Gasteiger partial charge in [-0.25, -0.2) is 9.79 Å². The zero-order valence-electron chi connectivity index (χ0n) is 25.6. The van der Waals surface area contributed by atoms with Crippen LogP contribution in [-0.4, -0.2) is 28.2 Å². The first-order valence-electron chi connectivity index (χ1n) is 14.4. The molecular weight excluding hydrogens is 733 g/mol. The van der Waals surface area contributed by atoms with Crippen molar-refractivity contribution in [3.8, 4) is 11.5 Å². The maximum atomic E-state index is 14.1. The minimum absolute atomic E-state index is 0.00156. The lowest BCUT2D eigenvalue weighted by atomic mass is 9.95. The Bertz CT molecular complexity index is 2110. The van der Waals surface area contributed by atoms with Crippen LogP contribution < -0.4 is 24.4 Å². The van der Waals surface area contributed by atoms with Crippen LogP contribution in [0.25, 0.3) is 6.08 Å². The number of fused-ring (bicyclic) bond motifs is 1. The summed E-state index contributed by atoms with van der Waals surface area (Å²) in [5.74, 6) is -0.0749. The monoisotopic (exact) mass is 759 g/mol. The van der Waals surface area contributed by atoms with E-state index in [-0.39, 0.29) is 40.9 Å². The smallest absolute Gasteiger partial charge is 0.338 e. The van der Waals surface area contributed by atoms with Crippen LogP contribution in [0.15, 0.2) is 80.1 Å². The van der Waals surface area contributed by atoms with Gasteiger partial charge in [0.1, 0.15) is 18.4 Å². The number of nitro groups is 1. The number of rotatable bonds is 10. The van der Waals surface area contributed by atoms with Crippen LogP contribution in [0.2, 0.25) is 10.0 Å². The van der Waals surface area contributed by atoms with E-state index in [9.17, 15) is 19.7 Å². The lowest BCUT2D eigenvalue weighted by Crippen LogP contribution is -2.40. The fourth-order valence-electron chi connectivity index (χ4n) is 5.05. The maximum absolute atomic E-state index is 14.1. The molecule has 1 aliphatic heterocycles. The van der Waals surface area contributed by atoms with Gasteiger partial charge in [-0.1, -0.05) is 58.8 Å². The van der Waals surface area contributed by atoms with E-state index in [2.05, 4.69) is 20.9 Å². The number of hydrogen-bond acceptors (Lipinski definition) is 9. The second kappa shape index (κ2) is 14.4. The van der Waals surface area contributed by atoms with Gasteiger partial charge >= 0.3 is 11.7 Å². The van der Waals surface area contributed by atoms with Crippen molar-refractivity contribution in [3.63, 3.8) is 0 Å². The third-order valence-corrected chi connectivity index (χ3v) is 9.31. The first kappa shape index (κ1) is 34.4. The SMILES string of the molecule is CCOC(=O)C1=C(C)N=c2s/c(=C\c3cc(Br)c(OCc4ccc(Cl)c(Cl)c4)c([N+](=O)[O-])c3)c(=O)n2[C@@H]1c1ccccc1OC(C)C. The van der Waals surface area contributed by atoms with E-state index in [4.69, 9.17) is 37.4 Å². The van der Waals surface area contributed by atoms with Crippen LogP contribution >= 0.6 is 50.5 Å². The maximum Gasteiger partial charge on any atom is 0.338 e. The van der Waals surface area contributed by atoms with Crippen LogP contribution in [0.4, 0.5) is 5.69 Å². The number of esters is 1. The summed E-state index contributed by atoms with van der Waals surface area (Å²) < 4.78 is 19.3. The Kier molecular flexibility index (Phi) is 10.5. The second-order valence-electron chi connectivity index (χ2n) is 10.7. The van der Waals surface area contributed by atoms with Gasteiger partial charge in [0.15, 0.2) is 4.80 Å². The van der Waals surface area contributed by atoms with Gasteiger partial charge in [-0.15, -0.1) is 0 Å². The molecule has 0 fully saturated rings. The number of thiazole rings is 1. The highest BCUT2D eigenvalue weighted by Crippen LogP contribution is 2.38. The van der Waals surface area contributed by atoms with E-state index < -0.39 is 22.5 Å². The fourth-order valence-corrected chi connectivity index (χ4v) is 7.00. The van der Waals surface area contributed by atoms with Crippen molar-refractivity contribution in [1.82, 2.24) is 4.57 Å². The highest BCUT2D eigenvalue weighted by atomic mass is 79.9. The van der Waals surface area contributed by atoms with Gasteiger partial charge in [0.2, 0.25) is 5.75 Å². The van der Waals surface area contributed by atoms with Gasteiger partial charge in [-0.3, -0.25) is 19.5 Å². The third kappa shape index (κ3) is 7.30. The molecule has 0 saturated heterocycles. The molecular formula is C33H28BrCl2N3O7S. The van der Waals surface area contributed by atoms with Crippen molar-refractivity contribution in [2.24, 2.45) is 4.99 Å².